The van der Waals surface area contributed by atoms with Gasteiger partial charge in [0.2, 0.25) is 11.8 Å². The molecule has 0 bridgehead atoms. The Morgan fingerprint density at radius 2 is 1.66 bits per heavy atom. The molecular weight excluding hydrogens is 466 g/mol. The Labute approximate surface area is 197 Å². The molecule has 6 nitrogen and oxygen atoms in total. The first-order valence-corrected chi connectivity index (χ1v) is 10.7. The lowest BCUT2D eigenvalue weighted by Gasteiger charge is -2.25. The zero-order valence-electron chi connectivity index (χ0n) is 18.8. The molecule has 3 aromatic rings. The lowest BCUT2D eigenvalue weighted by atomic mass is 9.94. The lowest BCUT2D eigenvalue weighted by Crippen LogP contribution is -2.40. The SMILES string of the molecule is C[C@H]1C(=O)N(CC(=O)Nc2ccc(C(F)F)cc2)c2cc(C(F)F)c(=O)n(C)c2-c2ccccc21. The number of rotatable bonds is 5. The Morgan fingerprint density at radius 3 is 2.29 bits per heavy atom. The van der Waals surface area contributed by atoms with Crippen LogP contribution in [-0.4, -0.2) is 22.9 Å². The number of carbonyl (C=O) groups is 2. The van der Waals surface area contributed by atoms with E-state index in [1.54, 1.807) is 31.2 Å². The molecule has 2 aromatic carbocycles. The highest BCUT2D eigenvalue weighted by molar-refractivity contribution is 6.09. The Morgan fingerprint density at radius 1 is 1.00 bits per heavy atom. The average molecular weight is 487 g/mol. The van der Waals surface area contributed by atoms with Gasteiger partial charge in [-0.15, -0.1) is 0 Å². The molecule has 1 atom stereocenters. The molecule has 0 radical (unpaired) electrons. The number of aromatic nitrogens is 1. The molecule has 0 aliphatic carbocycles. The molecule has 2 amide bonds. The molecule has 2 heterocycles. The van der Waals surface area contributed by atoms with Crippen LogP contribution in [0.2, 0.25) is 0 Å². The van der Waals surface area contributed by atoms with Crippen LogP contribution in [0.15, 0.2) is 59.4 Å². The topological polar surface area (TPSA) is 71.4 Å². The minimum atomic E-state index is -3.09. The van der Waals surface area contributed by atoms with E-state index in [2.05, 4.69) is 5.32 Å². The summed E-state index contributed by atoms with van der Waals surface area (Å²) in [4.78, 5) is 40.0. The lowest BCUT2D eigenvalue weighted by molar-refractivity contribution is -0.122. The smallest absolute Gasteiger partial charge is 0.269 e. The number of nitrogens with zero attached hydrogens (tertiary/aromatic N) is 2. The molecule has 4 rings (SSSR count). The second-order valence-electron chi connectivity index (χ2n) is 8.20. The maximum Gasteiger partial charge on any atom is 0.269 e. The van der Waals surface area contributed by atoms with Crippen molar-refractivity contribution in [2.24, 2.45) is 7.05 Å². The Bertz CT molecular complexity index is 1350. The van der Waals surface area contributed by atoms with Gasteiger partial charge in [-0.1, -0.05) is 36.4 Å². The van der Waals surface area contributed by atoms with Gasteiger partial charge < -0.3 is 14.8 Å². The van der Waals surface area contributed by atoms with E-state index in [1.807, 2.05) is 0 Å². The van der Waals surface area contributed by atoms with Crippen molar-refractivity contribution in [1.29, 1.82) is 0 Å². The largest absolute Gasteiger partial charge is 0.325 e. The van der Waals surface area contributed by atoms with Crippen LogP contribution in [0.4, 0.5) is 28.9 Å². The zero-order valence-corrected chi connectivity index (χ0v) is 18.8. The summed E-state index contributed by atoms with van der Waals surface area (Å²) in [5.41, 5.74) is -0.329. The van der Waals surface area contributed by atoms with E-state index in [-0.39, 0.29) is 22.6 Å². The minimum absolute atomic E-state index is 0.00685. The molecule has 182 valence electrons. The molecular formula is C25H21F4N3O3. The first-order chi connectivity index (χ1) is 16.6. The maximum atomic E-state index is 13.7. The van der Waals surface area contributed by atoms with Crippen molar-refractivity contribution in [2.45, 2.75) is 25.7 Å². The van der Waals surface area contributed by atoms with Gasteiger partial charge in [0, 0.05) is 23.9 Å². The quantitative estimate of drug-likeness (QED) is 0.514. The van der Waals surface area contributed by atoms with Gasteiger partial charge in [-0.25, -0.2) is 17.6 Å². The Kier molecular flexibility index (Phi) is 6.47. The summed E-state index contributed by atoms with van der Waals surface area (Å²) in [6, 6.07) is 12.7. The third-order valence-corrected chi connectivity index (χ3v) is 6.01. The summed E-state index contributed by atoms with van der Waals surface area (Å²) in [6.45, 7) is 1.09. The van der Waals surface area contributed by atoms with Crippen molar-refractivity contribution in [3.8, 4) is 11.3 Å². The van der Waals surface area contributed by atoms with Crippen LogP contribution < -0.4 is 15.8 Å². The number of hydrogen-bond acceptors (Lipinski definition) is 3. The minimum Gasteiger partial charge on any atom is -0.325 e. The van der Waals surface area contributed by atoms with Crippen LogP contribution in [-0.2, 0) is 16.6 Å². The monoisotopic (exact) mass is 487 g/mol. The van der Waals surface area contributed by atoms with Crippen molar-refractivity contribution < 1.29 is 27.2 Å². The predicted molar refractivity (Wildman–Crippen MR) is 123 cm³/mol. The molecule has 1 aromatic heterocycles. The molecule has 0 saturated heterocycles. The van der Waals surface area contributed by atoms with Crippen LogP contribution in [0.25, 0.3) is 11.3 Å². The summed E-state index contributed by atoms with van der Waals surface area (Å²) in [5.74, 6) is -1.92. The first kappa shape index (κ1) is 24.2. The number of nitrogens with one attached hydrogen (secondary N) is 1. The second-order valence-corrected chi connectivity index (χ2v) is 8.20. The molecule has 0 fully saturated rings. The number of anilines is 2. The van der Waals surface area contributed by atoms with Crippen molar-refractivity contribution in [3.05, 3.63) is 81.6 Å². The third-order valence-electron chi connectivity index (χ3n) is 6.01. The van der Waals surface area contributed by atoms with Gasteiger partial charge >= 0.3 is 0 Å². The van der Waals surface area contributed by atoms with Crippen LogP contribution in [0.1, 0.15) is 42.4 Å². The number of alkyl halides is 4. The summed E-state index contributed by atoms with van der Waals surface area (Å²) in [7, 11) is 1.34. The highest BCUT2D eigenvalue weighted by Crippen LogP contribution is 2.41. The van der Waals surface area contributed by atoms with Gasteiger partial charge in [0.05, 0.1) is 22.9 Å². The molecule has 0 unspecified atom stereocenters. The number of hydrogen-bond donors (Lipinski definition) is 1. The summed E-state index contributed by atoms with van der Waals surface area (Å²) in [5, 5.41) is 2.53. The van der Waals surface area contributed by atoms with E-state index >= 15 is 0 Å². The van der Waals surface area contributed by atoms with Gasteiger partial charge in [0.1, 0.15) is 6.54 Å². The Hall–Kier alpha value is -3.95. The summed E-state index contributed by atoms with van der Waals surface area (Å²) in [6.07, 6.45) is -5.75. The molecule has 1 aliphatic rings. The number of carbonyl (C=O) groups excluding carboxylic acids is 2. The highest BCUT2D eigenvalue weighted by atomic mass is 19.3. The van der Waals surface area contributed by atoms with Crippen molar-refractivity contribution in [2.75, 3.05) is 16.8 Å². The number of amides is 2. The maximum absolute atomic E-state index is 13.7. The molecule has 1 aliphatic heterocycles. The zero-order chi connectivity index (χ0) is 25.4. The van der Waals surface area contributed by atoms with Gasteiger partial charge in [-0.05, 0) is 30.7 Å². The molecule has 10 heteroatoms. The molecule has 0 spiro atoms. The summed E-state index contributed by atoms with van der Waals surface area (Å²) >= 11 is 0. The standard InChI is InChI=1S/C25H21F4N3O3/c1-13-16-5-3-4-6-17(16)21-19(11-18(23(28)29)25(35)31(21)2)32(24(13)34)12-20(33)30-15-9-7-14(8-10-15)22(26)27/h3-11,13,22-23H,12H2,1-2H3,(H,30,33)/t13-/m1/s1. The van der Waals surface area contributed by atoms with Crippen molar-refractivity contribution in [3.63, 3.8) is 0 Å². The van der Waals surface area contributed by atoms with Crippen molar-refractivity contribution in [1.82, 2.24) is 4.57 Å². The van der Waals surface area contributed by atoms with Gasteiger partial charge in [-0.2, -0.15) is 0 Å². The fourth-order valence-electron chi connectivity index (χ4n) is 4.22. The molecule has 35 heavy (non-hydrogen) atoms. The Balaban J connectivity index is 1.78. The van der Waals surface area contributed by atoms with Gasteiger partial charge in [0.15, 0.2) is 0 Å². The number of fused-ring (bicyclic) bond motifs is 3. The number of halogens is 4. The van der Waals surface area contributed by atoms with E-state index < -0.39 is 48.3 Å². The van der Waals surface area contributed by atoms with Crippen LogP contribution in [0.3, 0.4) is 0 Å². The van der Waals surface area contributed by atoms with E-state index in [9.17, 15) is 31.9 Å². The fraction of sp³-hybridized carbons (Fsp3) is 0.240. The van der Waals surface area contributed by atoms with Crippen LogP contribution in [0, 0.1) is 0 Å². The third kappa shape index (κ3) is 4.43. The summed E-state index contributed by atoms with van der Waals surface area (Å²) < 4.78 is 54.0. The van der Waals surface area contributed by atoms with Crippen molar-refractivity contribution >= 4 is 23.2 Å². The molecule has 0 saturated carbocycles. The second kappa shape index (κ2) is 9.36. The number of benzene rings is 2. The van der Waals surface area contributed by atoms with Crippen LogP contribution in [0.5, 0.6) is 0 Å². The number of pyridine rings is 1. The van der Waals surface area contributed by atoms with Gasteiger partial charge in [0.25, 0.3) is 18.4 Å². The van der Waals surface area contributed by atoms with E-state index in [4.69, 9.17) is 0 Å². The van der Waals surface area contributed by atoms with E-state index in [0.29, 0.717) is 11.1 Å². The average Bonchev–Trinajstić information content (AvgIpc) is 2.91. The first-order valence-electron chi connectivity index (χ1n) is 10.7. The van der Waals surface area contributed by atoms with E-state index in [1.165, 1.54) is 19.2 Å². The normalized spacial score (nSPS) is 15.1. The highest BCUT2D eigenvalue weighted by Gasteiger charge is 2.35. The van der Waals surface area contributed by atoms with E-state index in [0.717, 1.165) is 27.7 Å². The fourth-order valence-corrected chi connectivity index (χ4v) is 4.22. The van der Waals surface area contributed by atoms with Gasteiger partial charge in [-0.3, -0.25) is 14.4 Å². The van der Waals surface area contributed by atoms with Crippen LogP contribution >= 0.6 is 0 Å². The predicted octanol–water partition coefficient (Wildman–Crippen LogP) is 5.02. The molecule has 1 N–H and O–H groups in total.